The third-order valence-electron chi connectivity index (χ3n) is 7.21. The summed E-state index contributed by atoms with van der Waals surface area (Å²) >= 11 is 0. The number of amides is 2. The first kappa shape index (κ1) is 25.4. The number of rotatable bonds is 8. The summed E-state index contributed by atoms with van der Waals surface area (Å²) in [6, 6.07) is 14.4. The molecule has 0 N–H and O–H groups in total. The van der Waals surface area contributed by atoms with Gasteiger partial charge in [-0.3, -0.25) is 14.3 Å². The van der Waals surface area contributed by atoms with Crippen LogP contribution in [0.5, 0.6) is 5.75 Å². The minimum absolute atomic E-state index is 0.00417. The molecule has 0 saturated carbocycles. The van der Waals surface area contributed by atoms with E-state index >= 15 is 0 Å². The summed E-state index contributed by atoms with van der Waals surface area (Å²) in [4.78, 5) is 29.8. The fourth-order valence-corrected chi connectivity index (χ4v) is 4.98. The van der Waals surface area contributed by atoms with Crippen molar-refractivity contribution in [3.63, 3.8) is 0 Å². The van der Waals surface area contributed by atoms with Crippen LogP contribution in [0.3, 0.4) is 0 Å². The second kappa shape index (κ2) is 11.4. The molecule has 1 fully saturated rings. The predicted molar refractivity (Wildman–Crippen MR) is 135 cm³/mol. The van der Waals surface area contributed by atoms with E-state index in [4.69, 9.17) is 4.74 Å². The van der Waals surface area contributed by atoms with Gasteiger partial charge in [-0.2, -0.15) is 5.10 Å². The van der Waals surface area contributed by atoms with Crippen LogP contribution in [0.25, 0.3) is 0 Å². The van der Waals surface area contributed by atoms with E-state index in [9.17, 15) is 14.0 Å². The molecule has 190 valence electrons. The number of methoxy groups -OCH3 is 1. The van der Waals surface area contributed by atoms with Crippen LogP contribution in [-0.4, -0.2) is 64.7 Å². The van der Waals surface area contributed by atoms with E-state index < -0.39 is 5.82 Å². The van der Waals surface area contributed by atoms with Crippen LogP contribution in [0.4, 0.5) is 4.39 Å². The summed E-state index contributed by atoms with van der Waals surface area (Å²) < 4.78 is 20.7. The second-order valence-corrected chi connectivity index (χ2v) is 9.39. The molecule has 1 atom stereocenters. The van der Waals surface area contributed by atoms with Gasteiger partial charge in [0.25, 0.3) is 5.91 Å². The number of ether oxygens (including phenoxy) is 1. The smallest absolute Gasteiger partial charge is 0.253 e. The first-order valence-electron chi connectivity index (χ1n) is 12.3. The number of halogens is 1. The third-order valence-corrected chi connectivity index (χ3v) is 7.21. The largest absolute Gasteiger partial charge is 0.494 e. The molecule has 1 unspecified atom stereocenters. The highest BCUT2D eigenvalue weighted by Gasteiger charge is 2.33. The topological polar surface area (TPSA) is 67.7 Å². The lowest BCUT2D eigenvalue weighted by Gasteiger charge is -2.40. The number of carbonyl (C=O) groups is 2. The summed E-state index contributed by atoms with van der Waals surface area (Å²) in [6.45, 7) is 3.40. The normalized spacial score (nSPS) is 14.9. The molecular formula is C28H33FN4O3. The molecule has 0 radical (unpaired) electrons. The number of aryl methyl sites for hydroxylation is 1. The van der Waals surface area contributed by atoms with E-state index in [0.717, 1.165) is 19.3 Å². The van der Waals surface area contributed by atoms with Gasteiger partial charge in [0.1, 0.15) is 6.54 Å². The standard InChI is InChI=1S/C28H33FN4O3/c1-20-7-4-5-8-22(20)18-25(31(2)27(34)19-33-14-6-13-30-33)21-11-15-32(16-12-21)28(35)23-9-10-26(36-3)24(29)17-23/h4-10,13-14,17,21,25H,11-12,15-16,18-19H2,1-3H3. The predicted octanol–water partition coefficient (Wildman–Crippen LogP) is 3.96. The molecular weight excluding hydrogens is 459 g/mol. The van der Waals surface area contributed by atoms with Crippen LogP contribution in [0.15, 0.2) is 60.9 Å². The Balaban J connectivity index is 1.47. The Morgan fingerprint density at radius 2 is 1.92 bits per heavy atom. The number of likely N-dealkylation sites (tertiary alicyclic amines) is 1. The molecule has 2 amide bonds. The maximum Gasteiger partial charge on any atom is 0.253 e. The van der Waals surface area contributed by atoms with E-state index in [2.05, 4.69) is 24.2 Å². The number of piperidine rings is 1. The quantitative estimate of drug-likeness (QED) is 0.477. The Kier molecular flexibility index (Phi) is 8.03. The Hall–Kier alpha value is -3.68. The fraction of sp³-hybridized carbons (Fsp3) is 0.393. The lowest BCUT2D eigenvalue weighted by molar-refractivity contribution is -0.134. The van der Waals surface area contributed by atoms with Crippen molar-refractivity contribution >= 4 is 11.8 Å². The molecule has 1 aliphatic rings. The Morgan fingerprint density at radius 1 is 1.17 bits per heavy atom. The maximum absolute atomic E-state index is 14.1. The number of aromatic nitrogens is 2. The Morgan fingerprint density at radius 3 is 2.56 bits per heavy atom. The Labute approximate surface area is 211 Å². The molecule has 0 spiro atoms. The number of hydrogen-bond donors (Lipinski definition) is 0. The first-order valence-corrected chi connectivity index (χ1v) is 12.3. The van der Waals surface area contributed by atoms with Crippen molar-refractivity contribution in [3.05, 3.63) is 83.4 Å². The van der Waals surface area contributed by atoms with E-state index in [-0.39, 0.29) is 36.1 Å². The van der Waals surface area contributed by atoms with Gasteiger partial charge in [0, 0.05) is 44.1 Å². The molecule has 1 aromatic heterocycles. The van der Waals surface area contributed by atoms with Crippen LogP contribution >= 0.6 is 0 Å². The van der Waals surface area contributed by atoms with Crippen molar-refractivity contribution in [2.75, 3.05) is 27.2 Å². The van der Waals surface area contributed by atoms with E-state index in [1.807, 2.05) is 24.1 Å². The zero-order valence-corrected chi connectivity index (χ0v) is 21.1. The average molecular weight is 493 g/mol. The molecule has 1 aliphatic heterocycles. The summed E-state index contributed by atoms with van der Waals surface area (Å²) in [5.41, 5.74) is 2.73. The average Bonchev–Trinajstić information content (AvgIpc) is 3.40. The molecule has 8 heteroatoms. The molecule has 4 rings (SSSR count). The number of carbonyl (C=O) groups excluding carboxylic acids is 2. The lowest BCUT2D eigenvalue weighted by atomic mass is 9.84. The molecule has 2 aromatic carbocycles. The van der Waals surface area contributed by atoms with Crippen LogP contribution in [0, 0.1) is 18.7 Å². The second-order valence-electron chi connectivity index (χ2n) is 9.39. The zero-order chi connectivity index (χ0) is 25.7. The summed E-state index contributed by atoms with van der Waals surface area (Å²) in [7, 11) is 3.27. The van der Waals surface area contributed by atoms with Crippen LogP contribution in [0.1, 0.15) is 34.3 Å². The highest BCUT2D eigenvalue weighted by molar-refractivity contribution is 5.94. The monoisotopic (exact) mass is 492 g/mol. The number of hydrogen-bond acceptors (Lipinski definition) is 4. The van der Waals surface area contributed by atoms with Gasteiger partial charge in [-0.15, -0.1) is 0 Å². The maximum atomic E-state index is 14.1. The van der Waals surface area contributed by atoms with Gasteiger partial charge in [0.2, 0.25) is 5.91 Å². The summed E-state index contributed by atoms with van der Waals surface area (Å²) in [5.74, 6) is -0.383. The SMILES string of the molecule is COc1ccc(C(=O)N2CCC(C(Cc3ccccc3C)N(C)C(=O)Cn3cccn3)CC2)cc1F. The fourth-order valence-electron chi connectivity index (χ4n) is 4.98. The number of benzene rings is 2. The van der Waals surface area contributed by atoms with Crippen LogP contribution in [-0.2, 0) is 17.8 Å². The van der Waals surface area contributed by atoms with Gasteiger partial charge >= 0.3 is 0 Å². The van der Waals surface area contributed by atoms with Gasteiger partial charge in [-0.1, -0.05) is 24.3 Å². The molecule has 7 nitrogen and oxygen atoms in total. The van der Waals surface area contributed by atoms with E-state index in [1.165, 1.54) is 30.4 Å². The van der Waals surface area contributed by atoms with Crippen molar-refractivity contribution in [2.45, 2.75) is 38.8 Å². The molecule has 1 saturated heterocycles. The van der Waals surface area contributed by atoms with E-state index in [0.29, 0.717) is 18.7 Å². The minimum atomic E-state index is -0.547. The summed E-state index contributed by atoms with van der Waals surface area (Å²) in [6.07, 6.45) is 5.73. The van der Waals surface area contributed by atoms with Crippen molar-refractivity contribution in [1.82, 2.24) is 19.6 Å². The van der Waals surface area contributed by atoms with Gasteiger partial charge in [0.05, 0.1) is 7.11 Å². The number of nitrogens with zero attached hydrogens (tertiary/aromatic N) is 4. The van der Waals surface area contributed by atoms with Crippen LogP contribution in [0.2, 0.25) is 0 Å². The summed E-state index contributed by atoms with van der Waals surface area (Å²) in [5, 5.41) is 4.17. The van der Waals surface area contributed by atoms with E-state index in [1.54, 1.807) is 34.1 Å². The number of likely N-dealkylation sites (N-methyl/N-ethyl adjacent to an activating group) is 1. The van der Waals surface area contributed by atoms with Crippen LogP contribution < -0.4 is 4.74 Å². The van der Waals surface area contributed by atoms with Crippen molar-refractivity contribution in [1.29, 1.82) is 0 Å². The van der Waals surface area contributed by atoms with Crippen molar-refractivity contribution in [3.8, 4) is 5.75 Å². The molecule has 3 aromatic rings. The van der Waals surface area contributed by atoms with Gasteiger partial charge < -0.3 is 14.5 Å². The third kappa shape index (κ3) is 5.75. The minimum Gasteiger partial charge on any atom is -0.494 e. The van der Waals surface area contributed by atoms with Gasteiger partial charge in [-0.25, -0.2) is 4.39 Å². The molecule has 2 heterocycles. The Bertz CT molecular complexity index is 1190. The highest BCUT2D eigenvalue weighted by atomic mass is 19.1. The van der Waals surface area contributed by atoms with Gasteiger partial charge in [0.15, 0.2) is 11.6 Å². The molecule has 36 heavy (non-hydrogen) atoms. The molecule has 0 bridgehead atoms. The van der Waals surface area contributed by atoms with Crippen molar-refractivity contribution in [2.24, 2.45) is 5.92 Å². The lowest BCUT2D eigenvalue weighted by Crippen LogP contribution is -2.49. The zero-order valence-electron chi connectivity index (χ0n) is 21.1. The van der Waals surface area contributed by atoms with Gasteiger partial charge in [-0.05, 0) is 67.5 Å². The highest BCUT2D eigenvalue weighted by Crippen LogP contribution is 2.29. The molecule has 0 aliphatic carbocycles. The first-order chi connectivity index (χ1) is 17.4. The van der Waals surface area contributed by atoms with Crippen molar-refractivity contribution < 1.29 is 18.7 Å².